The lowest BCUT2D eigenvalue weighted by Gasteiger charge is -2.16. The minimum absolute atomic E-state index is 0.0591. The third-order valence-electron chi connectivity index (χ3n) is 4.00. The molecule has 7 heteroatoms. The summed E-state index contributed by atoms with van der Waals surface area (Å²) in [6.07, 6.45) is -1.46. The Morgan fingerprint density at radius 2 is 1.84 bits per heavy atom. The minimum atomic E-state index is -1.46. The first kappa shape index (κ1) is 17.5. The molecule has 25 heavy (non-hydrogen) atoms. The van der Waals surface area contributed by atoms with Gasteiger partial charge in [-0.2, -0.15) is 5.10 Å². The summed E-state index contributed by atoms with van der Waals surface area (Å²) in [6, 6.07) is 7.08. The molecule has 1 aromatic heterocycles. The number of aryl methyl sites for hydroxylation is 2. The molecular formula is C18H14ClF3N2O. The van der Waals surface area contributed by atoms with E-state index >= 15 is 0 Å². The van der Waals surface area contributed by atoms with E-state index in [4.69, 9.17) is 11.6 Å². The van der Waals surface area contributed by atoms with Gasteiger partial charge in [-0.1, -0.05) is 23.7 Å². The summed E-state index contributed by atoms with van der Waals surface area (Å²) in [5, 5.41) is 15.0. The second-order valence-corrected chi connectivity index (χ2v) is 6.04. The lowest BCUT2D eigenvalue weighted by molar-refractivity contribution is 0.214. The highest BCUT2D eigenvalue weighted by atomic mass is 35.5. The Kier molecular flexibility index (Phi) is 4.58. The smallest absolute Gasteiger partial charge is 0.134 e. The Labute approximate surface area is 147 Å². The van der Waals surface area contributed by atoms with Gasteiger partial charge in [0.25, 0.3) is 0 Å². The van der Waals surface area contributed by atoms with Crippen molar-refractivity contribution in [1.29, 1.82) is 0 Å². The monoisotopic (exact) mass is 366 g/mol. The van der Waals surface area contributed by atoms with Crippen molar-refractivity contribution in [1.82, 2.24) is 9.78 Å². The molecule has 0 saturated heterocycles. The zero-order valence-corrected chi connectivity index (χ0v) is 14.2. The molecule has 130 valence electrons. The van der Waals surface area contributed by atoms with Gasteiger partial charge in [0.15, 0.2) is 0 Å². The standard InChI is InChI=1S/C18H14ClF3N2O/c1-9-15(18(25)11-7-6-10(20)8-14(11)22)17(24(2)23-9)16-12(19)4-3-5-13(16)21/h3-8,18,25H,1-2H3. The van der Waals surface area contributed by atoms with Crippen LogP contribution >= 0.6 is 11.6 Å². The number of benzene rings is 2. The van der Waals surface area contributed by atoms with E-state index in [9.17, 15) is 18.3 Å². The predicted molar refractivity (Wildman–Crippen MR) is 88.8 cm³/mol. The molecule has 3 aromatic rings. The molecule has 0 bridgehead atoms. The summed E-state index contributed by atoms with van der Waals surface area (Å²) < 4.78 is 43.0. The van der Waals surface area contributed by atoms with Crippen LogP contribution in [0.2, 0.25) is 5.02 Å². The highest BCUT2D eigenvalue weighted by Gasteiger charge is 2.27. The summed E-state index contributed by atoms with van der Waals surface area (Å²) >= 11 is 6.13. The fourth-order valence-corrected chi connectivity index (χ4v) is 3.15. The van der Waals surface area contributed by atoms with Crippen LogP contribution < -0.4 is 0 Å². The normalized spacial score (nSPS) is 12.4. The summed E-state index contributed by atoms with van der Waals surface area (Å²) in [7, 11) is 1.57. The number of nitrogens with zero attached hydrogens (tertiary/aromatic N) is 2. The van der Waals surface area contributed by atoms with Gasteiger partial charge in [-0.15, -0.1) is 0 Å². The van der Waals surface area contributed by atoms with E-state index in [0.29, 0.717) is 11.8 Å². The molecule has 1 heterocycles. The molecule has 2 aromatic carbocycles. The van der Waals surface area contributed by atoms with Gasteiger partial charge in [-0.3, -0.25) is 4.68 Å². The van der Waals surface area contributed by atoms with Crippen molar-refractivity contribution in [3.8, 4) is 11.3 Å². The number of rotatable bonds is 3. The van der Waals surface area contributed by atoms with E-state index in [-0.39, 0.29) is 27.4 Å². The lowest BCUT2D eigenvalue weighted by atomic mass is 9.95. The van der Waals surface area contributed by atoms with Crippen molar-refractivity contribution < 1.29 is 18.3 Å². The third-order valence-corrected chi connectivity index (χ3v) is 4.31. The van der Waals surface area contributed by atoms with Crippen LogP contribution in [0.25, 0.3) is 11.3 Å². The molecule has 0 aliphatic carbocycles. The van der Waals surface area contributed by atoms with Crippen LogP contribution in [0.4, 0.5) is 13.2 Å². The molecule has 3 rings (SSSR count). The molecule has 0 aliphatic heterocycles. The molecule has 0 aliphatic rings. The maximum atomic E-state index is 14.4. The summed E-state index contributed by atoms with van der Waals surface area (Å²) in [5.41, 5.74) is 0.750. The summed E-state index contributed by atoms with van der Waals surface area (Å²) in [6.45, 7) is 1.61. The van der Waals surface area contributed by atoms with Crippen LogP contribution in [-0.2, 0) is 7.05 Å². The highest BCUT2D eigenvalue weighted by Crippen LogP contribution is 2.39. The highest BCUT2D eigenvalue weighted by molar-refractivity contribution is 6.33. The molecule has 1 atom stereocenters. The number of aromatic nitrogens is 2. The van der Waals surface area contributed by atoms with Crippen LogP contribution in [0.5, 0.6) is 0 Å². The van der Waals surface area contributed by atoms with E-state index in [1.165, 1.54) is 22.9 Å². The average molecular weight is 367 g/mol. The van der Waals surface area contributed by atoms with Crippen LogP contribution in [0.3, 0.4) is 0 Å². The molecule has 0 radical (unpaired) electrons. The van der Waals surface area contributed by atoms with Gasteiger partial charge in [0.1, 0.15) is 23.6 Å². The zero-order chi connectivity index (χ0) is 18.3. The first-order chi connectivity index (χ1) is 11.8. The van der Waals surface area contributed by atoms with E-state index in [2.05, 4.69) is 5.10 Å². The molecule has 0 saturated carbocycles. The molecule has 1 unspecified atom stereocenters. The second kappa shape index (κ2) is 6.54. The van der Waals surface area contributed by atoms with Gasteiger partial charge in [0.05, 0.1) is 22.0 Å². The van der Waals surface area contributed by atoms with Crippen LogP contribution in [0.15, 0.2) is 36.4 Å². The fraction of sp³-hybridized carbons (Fsp3) is 0.167. The van der Waals surface area contributed by atoms with E-state index in [1.807, 2.05) is 0 Å². The Morgan fingerprint density at radius 3 is 2.48 bits per heavy atom. The van der Waals surface area contributed by atoms with Crippen molar-refractivity contribution >= 4 is 11.6 Å². The van der Waals surface area contributed by atoms with Gasteiger partial charge in [0, 0.05) is 24.2 Å². The number of hydrogen-bond donors (Lipinski definition) is 1. The van der Waals surface area contributed by atoms with Gasteiger partial charge in [-0.25, -0.2) is 13.2 Å². The number of aliphatic hydroxyl groups excluding tert-OH is 1. The topological polar surface area (TPSA) is 38.0 Å². The van der Waals surface area contributed by atoms with Crippen molar-refractivity contribution in [3.63, 3.8) is 0 Å². The first-order valence-electron chi connectivity index (χ1n) is 7.42. The third kappa shape index (κ3) is 3.03. The number of halogens is 4. The van der Waals surface area contributed by atoms with Crippen molar-refractivity contribution in [2.75, 3.05) is 0 Å². The predicted octanol–water partition coefficient (Wildman–Crippen LogP) is 4.55. The molecular weight excluding hydrogens is 353 g/mol. The molecule has 1 N–H and O–H groups in total. The van der Waals surface area contributed by atoms with Gasteiger partial charge in [-0.05, 0) is 25.1 Å². The van der Waals surface area contributed by atoms with Crippen molar-refractivity contribution in [3.05, 3.63) is 75.7 Å². The van der Waals surface area contributed by atoms with Gasteiger partial charge < -0.3 is 5.11 Å². The Hall–Kier alpha value is -2.31. The van der Waals surface area contributed by atoms with Gasteiger partial charge in [0.2, 0.25) is 0 Å². The Bertz CT molecular complexity index is 935. The second-order valence-electron chi connectivity index (χ2n) is 5.64. The average Bonchev–Trinajstić information content (AvgIpc) is 2.81. The fourth-order valence-electron chi connectivity index (χ4n) is 2.90. The zero-order valence-electron chi connectivity index (χ0n) is 13.4. The summed E-state index contributed by atoms with van der Waals surface area (Å²) in [4.78, 5) is 0. The molecule has 0 fully saturated rings. The first-order valence-corrected chi connectivity index (χ1v) is 7.80. The molecule has 0 spiro atoms. The van der Waals surface area contributed by atoms with Crippen molar-refractivity contribution in [2.45, 2.75) is 13.0 Å². The van der Waals surface area contributed by atoms with Crippen LogP contribution in [0.1, 0.15) is 22.9 Å². The van der Waals surface area contributed by atoms with Crippen LogP contribution in [0, 0.1) is 24.4 Å². The quantitative estimate of drug-likeness (QED) is 0.738. The minimum Gasteiger partial charge on any atom is -0.383 e. The van der Waals surface area contributed by atoms with Crippen LogP contribution in [-0.4, -0.2) is 14.9 Å². The summed E-state index contributed by atoms with van der Waals surface area (Å²) in [5.74, 6) is -2.25. The molecule has 3 nitrogen and oxygen atoms in total. The maximum Gasteiger partial charge on any atom is 0.134 e. The van der Waals surface area contributed by atoms with Crippen molar-refractivity contribution in [2.24, 2.45) is 7.05 Å². The van der Waals surface area contributed by atoms with E-state index in [0.717, 1.165) is 12.1 Å². The number of aliphatic hydroxyl groups is 1. The van der Waals surface area contributed by atoms with E-state index in [1.54, 1.807) is 14.0 Å². The van der Waals surface area contributed by atoms with Gasteiger partial charge >= 0.3 is 0 Å². The largest absolute Gasteiger partial charge is 0.383 e. The Balaban J connectivity index is 2.24. The lowest BCUT2D eigenvalue weighted by Crippen LogP contribution is -2.07. The maximum absolute atomic E-state index is 14.4. The Morgan fingerprint density at radius 1 is 1.12 bits per heavy atom. The SMILES string of the molecule is Cc1nn(C)c(-c2c(F)cccc2Cl)c1C(O)c1ccc(F)cc1F. The molecule has 0 amide bonds. The number of hydrogen-bond acceptors (Lipinski definition) is 2. The van der Waals surface area contributed by atoms with E-state index < -0.39 is 23.6 Å².